The molecule has 2 heterocycles. The maximum absolute atomic E-state index is 6.04. The molecule has 0 spiro atoms. The Morgan fingerprint density at radius 3 is 2.57 bits per heavy atom. The van der Waals surface area contributed by atoms with Crippen molar-refractivity contribution in [1.29, 1.82) is 0 Å². The Labute approximate surface area is 151 Å². The van der Waals surface area contributed by atoms with Crippen molar-refractivity contribution < 1.29 is 0 Å². The van der Waals surface area contributed by atoms with Crippen molar-refractivity contribution in [3.63, 3.8) is 0 Å². The zero-order valence-electron chi connectivity index (χ0n) is 11.1. The number of anilines is 1. The van der Waals surface area contributed by atoms with Crippen LogP contribution in [0.15, 0.2) is 53.2 Å². The van der Waals surface area contributed by atoms with Gasteiger partial charge in [-0.15, -0.1) is 22.7 Å². The van der Waals surface area contributed by atoms with Crippen molar-refractivity contribution >= 4 is 62.6 Å². The standard InChI is InChI=1S/C16H13ClINS2/c17-11-5-6-14(13(18)9-11)19-15(16-4-2-8-21-16)10-12-3-1-7-20-12/h1-9,15,19H,10H2. The number of thiophene rings is 2. The Balaban J connectivity index is 1.85. The fourth-order valence-corrected chi connectivity index (χ4v) is 4.69. The largest absolute Gasteiger partial charge is 0.376 e. The molecule has 0 aliphatic rings. The molecular weight excluding hydrogens is 433 g/mol. The fourth-order valence-electron chi connectivity index (χ4n) is 2.14. The number of hydrogen-bond acceptors (Lipinski definition) is 3. The highest BCUT2D eigenvalue weighted by molar-refractivity contribution is 14.1. The van der Waals surface area contributed by atoms with Gasteiger partial charge in [0.05, 0.1) is 6.04 Å². The fraction of sp³-hybridized carbons (Fsp3) is 0.125. The van der Waals surface area contributed by atoms with E-state index in [4.69, 9.17) is 11.6 Å². The van der Waals surface area contributed by atoms with E-state index in [2.05, 4.69) is 69.0 Å². The normalized spacial score (nSPS) is 12.3. The van der Waals surface area contributed by atoms with E-state index >= 15 is 0 Å². The number of benzene rings is 1. The van der Waals surface area contributed by atoms with Crippen LogP contribution < -0.4 is 5.32 Å². The van der Waals surface area contributed by atoms with Gasteiger partial charge in [0.25, 0.3) is 0 Å². The van der Waals surface area contributed by atoms with Gasteiger partial charge in [-0.1, -0.05) is 23.7 Å². The zero-order valence-corrected chi connectivity index (χ0v) is 15.6. The topological polar surface area (TPSA) is 12.0 Å². The summed E-state index contributed by atoms with van der Waals surface area (Å²) >= 11 is 12.0. The molecule has 1 aromatic carbocycles. The van der Waals surface area contributed by atoms with Crippen molar-refractivity contribution in [3.05, 3.63) is 71.6 Å². The number of rotatable bonds is 5. The molecule has 1 unspecified atom stereocenters. The van der Waals surface area contributed by atoms with Crippen LogP contribution in [-0.2, 0) is 6.42 Å². The molecule has 1 atom stereocenters. The predicted octanol–water partition coefficient (Wildman–Crippen LogP) is 6.46. The summed E-state index contributed by atoms with van der Waals surface area (Å²) in [6.45, 7) is 0. The maximum atomic E-state index is 6.04. The molecule has 21 heavy (non-hydrogen) atoms. The van der Waals surface area contributed by atoms with Gasteiger partial charge in [-0.25, -0.2) is 0 Å². The second-order valence-electron chi connectivity index (χ2n) is 4.62. The van der Waals surface area contributed by atoms with Crippen LogP contribution in [0.3, 0.4) is 0 Å². The van der Waals surface area contributed by atoms with Crippen molar-refractivity contribution in [2.45, 2.75) is 12.5 Å². The lowest BCUT2D eigenvalue weighted by atomic mass is 10.1. The van der Waals surface area contributed by atoms with Crippen LogP contribution in [-0.4, -0.2) is 0 Å². The summed E-state index contributed by atoms with van der Waals surface area (Å²) in [5.74, 6) is 0. The first-order chi connectivity index (χ1) is 10.2. The van der Waals surface area contributed by atoms with Gasteiger partial charge in [-0.2, -0.15) is 0 Å². The van der Waals surface area contributed by atoms with E-state index in [0.717, 1.165) is 20.7 Å². The minimum atomic E-state index is 0.290. The molecule has 3 aromatic rings. The molecule has 0 amide bonds. The summed E-state index contributed by atoms with van der Waals surface area (Å²) in [4.78, 5) is 2.75. The van der Waals surface area contributed by atoms with Crippen LogP contribution in [0.1, 0.15) is 15.8 Å². The molecule has 0 fully saturated rings. The van der Waals surface area contributed by atoms with Gasteiger partial charge in [-0.05, 0) is 63.7 Å². The molecular formula is C16H13ClINS2. The molecule has 5 heteroatoms. The smallest absolute Gasteiger partial charge is 0.0655 e. The Kier molecular flexibility index (Phi) is 5.21. The Morgan fingerprint density at radius 1 is 1.10 bits per heavy atom. The van der Waals surface area contributed by atoms with Crippen molar-refractivity contribution in [3.8, 4) is 0 Å². The van der Waals surface area contributed by atoms with Gasteiger partial charge < -0.3 is 5.32 Å². The first-order valence-electron chi connectivity index (χ1n) is 6.50. The molecule has 1 nitrogen and oxygen atoms in total. The summed E-state index contributed by atoms with van der Waals surface area (Å²) in [6.07, 6.45) is 0.997. The van der Waals surface area contributed by atoms with E-state index in [9.17, 15) is 0 Å². The number of hydrogen-bond donors (Lipinski definition) is 1. The van der Waals surface area contributed by atoms with E-state index in [1.54, 1.807) is 11.3 Å². The highest BCUT2D eigenvalue weighted by Crippen LogP contribution is 2.31. The van der Waals surface area contributed by atoms with E-state index in [1.807, 2.05) is 23.5 Å². The SMILES string of the molecule is Clc1ccc(NC(Cc2cccs2)c2cccs2)c(I)c1. The van der Waals surface area contributed by atoms with E-state index in [-0.39, 0.29) is 0 Å². The lowest BCUT2D eigenvalue weighted by molar-refractivity contribution is 0.801. The van der Waals surface area contributed by atoms with Gasteiger partial charge in [0.15, 0.2) is 0 Å². The molecule has 0 radical (unpaired) electrons. The third kappa shape index (κ3) is 4.00. The van der Waals surface area contributed by atoms with Crippen LogP contribution in [0.25, 0.3) is 0 Å². The quantitative estimate of drug-likeness (QED) is 0.444. The van der Waals surface area contributed by atoms with E-state index in [0.29, 0.717) is 6.04 Å². The molecule has 2 aromatic heterocycles. The van der Waals surface area contributed by atoms with E-state index in [1.165, 1.54) is 9.75 Å². The predicted molar refractivity (Wildman–Crippen MR) is 103 cm³/mol. The van der Waals surface area contributed by atoms with Crippen LogP contribution in [0.4, 0.5) is 5.69 Å². The number of halogens is 2. The van der Waals surface area contributed by atoms with Crippen molar-refractivity contribution in [2.24, 2.45) is 0 Å². The van der Waals surface area contributed by atoms with Crippen molar-refractivity contribution in [2.75, 3.05) is 5.32 Å². The summed E-state index contributed by atoms with van der Waals surface area (Å²) in [6, 6.07) is 14.9. The first kappa shape index (κ1) is 15.3. The molecule has 0 saturated heterocycles. The van der Waals surface area contributed by atoms with Gasteiger partial charge in [0, 0.05) is 30.5 Å². The van der Waals surface area contributed by atoms with Gasteiger partial charge in [0.1, 0.15) is 0 Å². The molecule has 0 saturated carbocycles. The highest BCUT2D eigenvalue weighted by Gasteiger charge is 2.15. The number of nitrogens with one attached hydrogen (secondary N) is 1. The maximum Gasteiger partial charge on any atom is 0.0655 e. The van der Waals surface area contributed by atoms with Crippen LogP contribution >= 0.6 is 56.9 Å². The summed E-state index contributed by atoms with van der Waals surface area (Å²) < 4.78 is 1.15. The average Bonchev–Trinajstić information content (AvgIpc) is 3.13. The zero-order chi connectivity index (χ0) is 14.7. The third-order valence-electron chi connectivity index (χ3n) is 3.13. The van der Waals surface area contributed by atoms with Crippen molar-refractivity contribution in [1.82, 2.24) is 0 Å². The summed E-state index contributed by atoms with van der Waals surface area (Å²) in [5, 5.41) is 8.70. The lowest BCUT2D eigenvalue weighted by Crippen LogP contribution is -2.12. The minimum absolute atomic E-state index is 0.290. The lowest BCUT2D eigenvalue weighted by Gasteiger charge is -2.19. The second kappa shape index (κ2) is 7.13. The minimum Gasteiger partial charge on any atom is -0.376 e. The molecule has 0 bridgehead atoms. The molecule has 0 aliphatic carbocycles. The van der Waals surface area contributed by atoms with Crippen LogP contribution in [0.2, 0.25) is 5.02 Å². The monoisotopic (exact) mass is 445 g/mol. The van der Waals surface area contributed by atoms with Gasteiger partial charge in [-0.3, -0.25) is 0 Å². The average molecular weight is 446 g/mol. The summed E-state index contributed by atoms with van der Waals surface area (Å²) in [5.41, 5.74) is 1.13. The van der Waals surface area contributed by atoms with Crippen LogP contribution in [0, 0.1) is 3.57 Å². The molecule has 3 rings (SSSR count). The molecule has 108 valence electrons. The van der Waals surface area contributed by atoms with Crippen LogP contribution in [0.5, 0.6) is 0 Å². The van der Waals surface area contributed by atoms with E-state index < -0.39 is 0 Å². The molecule has 1 N–H and O–H groups in total. The first-order valence-corrected chi connectivity index (χ1v) is 9.71. The summed E-state index contributed by atoms with van der Waals surface area (Å²) in [7, 11) is 0. The Bertz CT molecular complexity index is 695. The Hall–Kier alpha value is -0.560. The highest BCUT2D eigenvalue weighted by atomic mass is 127. The van der Waals surface area contributed by atoms with Gasteiger partial charge in [0.2, 0.25) is 0 Å². The Morgan fingerprint density at radius 2 is 1.90 bits per heavy atom. The third-order valence-corrected chi connectivity index (χ3v) is 6.15. The van der Waals surface area contributed by atoms with Gasteiger partial charge >= 0.3 is 0 Å². The molecule has 0 aliphatic heterocycles. The second-order valence-corrected chi connectivity index (χ2v) is 8.23.